The topological polar surface area (TPSA) is 12.5 Å². The maximum absolute atomic E-state index is 5.77. The zero-order valence-corrected chi connectivity index (χ0v) is 12.3. The molecule has 102 valence electrons. The van der Waals surface area contributed by atoms with Crippen molar-refractivity contribution in [1.82, 2.24) is 4.90 Å². The van der Waals surface area contributed by atoms with Gasteiger partial charge in [0.15, 0.2) is 0 Å². The van der Waals surface area contributed by atoms with Crippen LogP contribution in [0.4, 0.5) is 0 Å². The molecule has 0 aliphatic carbocycles. The standard InChI is InChI=1S/C16H27NO/c1-5-17(6-2)11-7-8-12-18-16-10-9-14(3)15(4)13-16/h9-10,13H,5-8,11-12H2,1-4H3. The van der Waals surface area contributed by atoms with E-state index in [9.17, 15) is 0 Å². The normalized spacial score (nSPS) is 10.9. The number of ether oxygens (including phenoxy) is 1. The quantitative estimate of drug-likeness (QED) is 0.650. The highest BCUT2D eigenvalue weighted by Crippen LogP contribution is 2.16. The van der Waals surface area contributed by atoms with Crippen LogP contribution < -0.4 is 4.74 Å². The number of nitrogens with zero attached hydrogens (tertiary/aromatic N) is 1. The van der Waals surface area contributed by atoms with Gasteiger partial charge in [0.05, 0.1) is 6.61 Å². The lowest BCUT2D eigenvalue weighted by molar-refractivity contribution is 0.266. The molecule has 1 rings (SSSR count). The first kappa shape index (κ1) is 15.0. The molecule has 0 aliphatic rings. The molecule has 1 aromatic rings. The Morgan fingerprint density at radius 2 is 1.72 bits per heavy atom. The zero-order valence-electron chi connectivity index (χ0n) is 12.3. The molecule has 0 saturated carbocycles. The van der Waals surface area contributed by atoms with Gasteiger partial charge >= 0.3 is 0 Å². The summed E-state index contributed by atoms with van der Waals surface area (Å²) in [6, 6.07) is 6.31. The molecule has 2 heteroatoms. The van der Waals surface area contributed by atoms with Gasteiger partial charge in [0, 0.05) is 0 Å². The van der Waals surface area contributed by atoms with Gasteiger partial charge in [0.25, 0.3) is 0 Å². The van der Waals surface area contributed by atoms with Crippen LogP contribution in [0, 0.1) is 13.8 Å². The van der Waals surface area contributed by atoms with Crippen LogP contribution in [0.25, 0.3) is 0 Å². The molecule has 0 aromatic heterocycles. The number of unbranched alkanes of at least 4 members (excludes halogenated alkanes) is 1. The predicted molar refractivity (Wildman–Crippen MR) is 78.4 cm³/mol. The summed E-state index contributed by atoms with van der Waals surface area (Å²) in [5.74, 6) is 1.00. The van der Waals surface area contributed by atoms with E-state index in [4.69, 9.17) is 4.74 Å². The lowest BCUT2D eigenvalue weighted by atomic mass is 10.1. The maximum atomic E-state index is 5.77. The Kier molecular flexibility index (Phi) is 6.81. The van der Waals surface area contributed by atoms with E-state index in [1.54, 1.807) is 0 Å². The average molecular weight is 249 g/mol. The van der Waals surface area contributed by atoms with Gasteiger partial charge < -0.3 is 9.64 Å². The first-order valence-electron chi connectivity index (χ1n) is 7.09. The Morgan fingerprint density at radius 3 is 2.33 bits per heavy atom. The molecule has 18 heavy (non-hydrogen) atoms. The molecule has 2 nitrogen and oxygen atoms in total. The SMILES string of the molecule is CCN(CC)CCCCOc1ccc(C)c(C)c1. The van der Waals surface area contributed by atoms with Gasteiger partial charge in [-0.3, -0.25) is 0 Å². The minimum atomic E-state index is 0.823. The molecule has 0 N–H and O–H groups in total. The van der Waals surface area contributed by atoms with E-state index in [0.717, 1.165) is 31.9 Å². The summed E-state index contributed by atoms with van der Waals surface area (Å²) in [6.45, 7) is 13.0. The van der Waals surface area contributed by atoms with Crippen LogP contribution in [0.2, 0.25) is 0 Å². The van der Waals surface area contributed by atoms with Crippen LogP contribution in [0.1, 0.15) is 37.8 Å². The van der Waals surface area contributed by atoms with Gasteiger partial charge in [-0.2, -0.15) is 0 Å². The fourth-order valence-electron chi connectivity index (χ4n) is 1.97. The van der Waals surface area contributed by atoms with E-state index in [0.29, 0.717) is 0 Å². The number of benzene rings is 1. The summed E-state index contributed by atoms with van der Waals surface area (Å²) in [6.07, 6.45) is 2.34. The Hall–Kier alpha value is -1.02. The van der Waals surface area contributed by atoms with E-state index in [1.807, 2.05) is 0 Å². The lowest BCUT2D eigenvalue weighted by Gasteiger charge is -2.17. The summed E-state index contributed by atoms with van der Waals surface area (Å²) >= 11 is 0. The Morgan fingerprint density at radius 1 is 1.00 bits per heavy atom. The van der Waals surface area contributed by atoms with Gasteiger partial charge in [0.1, 0.15) is 5.75 Å². The van der Waals surface area contributed by atoms with Crippen molar-refractivity contribution in [3.05, 3.63) is 29.3 Å². The first-order chi connectivity index (χ1) is 8.67. The Balaban J connectivity index is 2.19. The summed E-state index contributed by atoms with van der Waals surface area (Å²) in [5, 5.41) is 0. The van der Waals surface area contributed by atoms with Crippen LogP contribution in [-0.4, -0.2) is 31.1 Å². The minimum Gasteiger partial charge on any atom is -0.494 e. The van der Waals surface area contributed by atoms with Crippen molar-refractivity contribution in [2.45, 2.75) is 40.5 Å². The van der Waals surface area contributed by atoms with Crippen molar-refractivity contribution in [3.63, 3.8) is 0 Å². The number of aryl methyl sites for hydroxylation is 2. The monoisotopic (exact) mass is 249 g/mol. The first-order valence-corrected chi connectivity index (χ1v) is 7.09. The van der Waals surface area contributed by atoms with Gasteiger partial charge in [0.2, 0.25) is 0 Å². The highest BCUT2D eigenvalue weighted by atomic mass is 16.5. The van der Waals surface area contributed by atoms with Crippen molar-refractivity contribution < 1.29 is 4.74 Å². The lowest BCUT2D eigenvalue weighted by Crippen LogP contribution is -2.24. The third kappa shape index (κ3) is 5.09. The summed E-state index contributed by atoms with van der Waals surface area (Å²) in [4.78, 5) is 2.45. The van der Waals surface area contributed by atoms with E-state index in [1.165, 1.54) is 24.1 Å². The molecule has 0 aliphatic heterocycles. The molecule has 0 bridgehead atoms. The molecule has 0 fully saturated rings. The van der Waals surface area contributed by atoms with Gasteiger partial charge in [-0.15, -0.1) is 0 Å². The largest absolute Gasteiger partial charge is 0.494 e. The highest BCUT2D eigenvalue weighted by Gasteiger charge is 2.00. The van der Waals surface area contributed by atoms with E-state index in [2.05, 4.69) is 50.8 Å². The molecule has 0 spiro atoms. The van der Waals surface area contributed by atoms with Crippen LogP contribution in [0.3, 0.4) is 0 Å². The second kappa shape index (κ2) is 8.15. The molecular weight excluding hydrogens is 222 g/mol. The van der Waals surface area contributed by atoms with Gasteiger partial charge in [-0.05, 0) is 69.6 Å². The van der Waals surface area contributed by atoms with Crippen LogP contribution >= 0.6 is 0 Å². The smallest absolute Gasteiger partial charge is 0.119 e. The summed E-state index contributed by atoms with van der Waals surface area (Å²) in [5.41, 5.74) is 2.62. The number of hydrogen-bond donors (Lipinski definition) is 0. The van der Waals surface area contributed by atoms with Gasteiger partial charge in [-0.25, -0.2) is 0 Å². The molecule has 0 saturated heterocycles. The van der Waals surface area contributed by atoms with E-state index in [-0.39, 0.29) is 0 Å². The fourth-order valence-corrected chi connectivity index (χ4v) is 1.97. The predicted octanol–water partition coefficient (Wildman–Crippen LogP) is 3.80. The molecular formula is C16H27NO. The fraction of sp³-hybridized carbons (Fsp3) is 0.625. The number of rotatable bonds is 8. The van der Waals surface area contributed by atoms with Crippen molar-refractivity contribution in [1.29, 1.82) is 0 Å². The molecule has 1 aromatic carbocycles. The molecule has 0 atom stereocenters. The van der Waals surface area contributed by atoms with Crippen LogP contribution in [-0.2, 0) is 0 Å². The van der Waals surface area contributed by atoms with E-state index >= 15 is 0 Å². The third-order valence-corrected chi connectivity index (χ3v) is 3.51. The van der Waals surface area contributed by atoms with Crippen molar-refractivity contribution in [2.75, 3.05) is 26.2 Å². The second-order valence-electron chi connectivity index (χ2n) is 4.83. The molecule has 0 radical (unpaired) electrons. The molecule has 0 unspecified atom stereocenters. The zero-order chi connectivity index (χ0) is 13.4. The summed E-state index contributed by atoms with van der Waals surface area (Å²) < 4.78 is 5.77. The van der Waals surface area contributed by atoms with Crippen molar-refractivity contribution in [3.8, 4) is 5.75 Å². The Bertz CT molecular complexity index is 345. The highest BCUT2D eigenvalue weighted by molar-refractivity contribution is 5.33. The van der Waals surface area contributed by atoms with Crippen molar-refractivity contribution >= 4 is 0 Å². The second-order valence-corrected chi connectivity index (χ2v) is 4.83. The minimum absolute atomic E-state index is 0.823. The number of hydrogen-bond acceptors (Lipinski definition) is 2. The molecule has 0 heterocycles. The summed E-state index contributed by atoms with van der Waals surface area (Å²) in [7, 11) is 0. The van der Waals surface area contributed by atoms with Gasteiger partial charge in [-0.1, -0.05) is 19.9 Å². The maximum Gasteiger partial charge on any atom is 0.119 e. The van der Waals surface area contributed by atoms with E-state index < -0.39 is 0 Å². The van der Waals surface area contributed by atoms with Crippen LogP contribution in [0.15, 0.2) is 18.2 Å². The Labute approximate surface area is 112 Å². The van der Waals surface area contributed by atoms with Crippen molar-refractivity contribution in [2.24, 2.45) is 0 Å². The van der Waals surface area contributed by atoms with Crippen LogP contribution in [0.5, 0.6) is 5.75 Å². The third-order valence-electron chi connectivity index (χ3n) is 3.51. The molecule has 0 amide bonds. The average Bonchev–Trinajstić information content (AvgIpc) is 2.38.